The average molecular weight is 334 g/mol. The molecule has 0 bridgehead atoms. The summed E-state index contributed by atoms with van der Waals surface area (Å²) in [7, 11) is 0. The first kappa shape index (κ1) is 15.1. The molecule has 2 aliphatic rings. The fourth-order valence-electron chi connectivity index (χ4n) is 3.53. The van der Waals surface area contributed by atoms with Crippen molar-refractivity contribution in [3.8, 4) is 5.69 Å². The van der Waals surface area contributed by atoms with Gasteiger partial charge in [-0.15, -0.1) is 5.10 Å². The minimum atomic E-state index is -0.107. The molecule has 0 spiro atoms. The first-order valence-electron chi connectivity index (χ1n) is 7.88. The van der Waals surface area contributed by atoms with E-state index in [1.165, 1.54) is 0 Å². The number of nitrogens with zero attached hydrogens (tertiary/aromatic N) is 4. The Morgan fingerprint density at radius 2 is 2.17 bits per heavy atom. The first-order chi connectivity index (χ1) is 11.1. The smallest absolute Gasteiger partial charge is 0.0971 e. The Hall–Kier alpha value is -1.47. The molecule has 2 N–H and O–H groups in total. The van der Waals surface area contributed by atoms with Crippen LogP contribution in [0.25, 0.3) is 5.69 Å². The summed E-state index contributed by atoms with van der Waals surface area (Å²) in [5.74, 6) is 0.419. The number of hydrogen-bond donors (Lipinski definition) is 1. The van der Waals surface area contributed by atoms with E-state index < -0.39 is 0 Å². The molecule has 2 saturated heterocycles. The standard InChI is InChI=1S/C16H20ClN5O/c17-13-1-3-15(4-2-13)22-9-14(19-20-22)8-21-7-12-10-23-6-5-16(12,18)11-21/h1-4,9,12H,5-8,10-11,18H2/t12-,16+/m0/s1. The molecule has 2 atom stereocenters. The summed E-state index contributed by atoms with van der Waals surface area (Å²) in [5, 5.41) is 9.20. The highest BCUT2D eigenvalue weighted by atomic mass is 35.5. The van der Waals surface area contributed by atoms with E-state index in [4.69, 9.17) is 22.1 Å². The van der Waals surface area contributed by atoms with Crippen molar-refractivity contribution < 1.29 is 4.74 Å². The number of rotatable bonds is 3. The van der Waals surface area contributed by atoms with Gasteiger partial charge in [0.25, 0.3) is 0 Å². The molecule has 2 aliphatic heterocycles. The van der Waals surface area contributed by atoms with Crippen molar-refractivity contribution in [2.75, 3.05) is 26.3 Å². The van der Waals surface area contributed by atoms with Crippen molar-refractivity contribution in [3.63, 3.8) is 0 Å². The van der Waals surface area contributed by atoms with Gasteiger partial charge in [-0.25, -0.2) is 4.68 Å². The highest BCUT2D eigenvalue weighted by molar-refractivity contribution is 6.30. The van der Waals surface area contributed by atoms with Gasteiger partial charge in [0.15, 0.2) is 0 Å². The molecule has 6 nitrogen and oxygen atoms in total. The molecule has 122 valence electrons. The maximum atomic E-state index is 6.54. The summed E-state index contributed by atoms with van der Waals surface area (Å²) in [5.41, 5.74) is 8.33. The molecular formula is C16H20ClN5O. The molecule has 0 unspecified atom stereocenters. The quantitative estimate of drug-likeness (QED) is 0.921. The largest absolute Gasteiger partial charge is 0.381 e. The van der Waals surface area contributed by atoms with E-state index >= 15 is 0 Å². The van der Waals surface area contributed by atoms with Crippen molar-refractivity contribution in [1.29, 1.82) is 0 Å². The molecule has 0 radical (unpaired) electrons. The number of nitrogens with two attached hydrogens (primary N) is 1. The van der Waals surface area contributed by atoms with Crippen LogP contribution in [0.15, 0.2) is 30.5 Å². The van der Waals surface area contributed by atoms with Crippen LogP contribution in [0.4, 0.5) is 0 Å². The van der Waals surface area contributed by atoms with Crippen LogP contribution in [0.2, 0.25) is 5.02 Å². The Balaban J connectivity index is 1.45. The van der Waals surface area contributed by atoms with Gasteiger partial charge in [0.1, 0.15) is 0 Å². The minimum absolute atomic E-state index is 0.107. The summed E-state index contributed by atoms with van der Waals surface area (Å²) >= 11 is 5.92. The van der Waals surface area contributed by atoms with Crippen LogP contribution < -0.4 is 5.73 Å². The molecule has 3 heterocycles. The molecule has 0 saturated carbocycles. The molecular weight excluding hydrogens is 314 g/mol. The van der Waals surface area contributed by atoms with Gasteiger partial charge in [0.2, 0.25) is 0 Å². The lowest BCUT2D eigenvalue weighted by Gasteiger charge is -2.34. The van der Waals surface area contributed by atoms with Gasteiger partial charge in [-0.3, -0.25) is 4.90 Å². The number of halogens is 1. The summed E-state index contributed by atoms with van der Waals surface area (Å²) < 4.78 is 7.34. The summed E-state index contributed by atoms with van der Waals surface area (Å²) in [6.07, 6.45) is 2.90. The summed E-state index contributed by atoms with van der Waals surface area (Å²) in [6.45, 7) is 4.17. The lowest BCUT2D eigenvalue weighted by atomic mass is 9.84. The number of aromatic nitrogens is 3. The summed E-state index contributed by atoms with van der Waals surface area (Å²) in [6, 6.07) is 7.55. The van der Waals surface area contributed by atoms with Gasteiger partial charge in [-0.2, -0.15) is 0 Å². The zero-order chi connectivity index (χ0) is 15.9. The Labute approximate surface area is 140 Å². The second-order valence-corrected chi connectivity index (χ2v) is 6.99. The van der Waals surface area contributed by atoms with Gasteiger partial charge in [-0.05, 0) is 30.7 Å². The normalized spacial score (nSPS) is 28.0. The SMILES string of the molecule is N[C@@]12CCOC[C@@H]1CN(Cc1cn(-c3ccc(Cl)cc3)nn1)C2. The highest BCUT2D eigenvalue weighted by Crippen LogP contribution is 2.32. The van der Waals surface area contributed by atoms with Crippen molar-refractivity contribution in [3.05, 3.63) is 41.2 Å². The predicted octanol–water partition coefficient (Wildman–Crippen LogP) is 1.47. The maximum Gasteiger partial charge on any atom is 0.0971 e. The number of benzene rings is 1. The van der Waals surface area contributed by atoms with Gasteiger partial charge in [0.05, 0.1) is 24.2 Å². The van der Waals surface area contributed by atoms with Crippen molar-refractivity contribution in [2.24, 2.45) is 11.7 Å². The molecule has 1 aromatic heterocycles. The molecule has 1 aromatic carbocycles. The zero-order valence-electron chi connectivity index (χ0n) is 12.9. The fourth-order valence-corrected chi connectivity index (χ4v) is 3.66. The third-order valence-corrected chi connectivity index (χ3v) is 5.11. The van der Waals surface area contributed by atoms with Gasteiger partial charge in [0, 0.05) is 42.7 Å². The van der Waals surface area contributed by atoms with Crippen LogP contribution in [0.3, 0.4) is 0 Å². The third kappa shape index (κ3) is 2.99. The summed E-state index contributed by atoms with van der Waals surface area (Å²) in [4.78, 5) is 2.36. The topological polar surface area (TPSA) is 69.2 Å². The molecule has 23 heavy (non-hydrogen) atoms. The fraction of sp³-hybridized carbons (Fsp3) is 0.500. The maximum absolute atomic E-state index is 6.54. The lowest BCUT2D eigenvalue weighted by molar-refractivity contribution is 0.0241. The van der Waals surface area contributed by atoms with Crippen molar-refractivity contribution in [2.45, 2.75) is 18.5 Å². The monoisotopic (exact) mass is 333 g/mol. The van der Waals surface area contributed by atoms with E-state index in [-0.39, 0.29) is 5.54 Å². The van der Waals surface area contributed by atoms with E-state index in [0.717, 1.165) is 50.7 Å². The second-order valence-electron chi connectivity index (χ2n) is 6.56. The number of likely N-dealkylation sites (tertiary alicyclic amines) is 1. The number of hydrogen-bond acceptors (Lipinski definition) is 5. The van der Waals surface area contributed by atoms with Crippen LogP contribution in [0.5, 0.6) is 0 Å². The Morgan fingerprint density at radius 3 is 2.96 bits per heavy atom. The van der Waals surface area contributed by atoms with Crippen LogP contribution in [0, 0.1) is 5.92 Å². The van der Waals surface area contributed by atoms with Crippen LogP contribution >= 0.6 is 11.6 Å². The molecule has 0 aliphatic carbocycles. The van der Waals surface area contributed by atoms with Gasteiger partial charge < -0.3 is 10.5 Å². The average Bonchev–Trinajstić information content (AvgIpc) is 3.11. The third-order valence-electron chi connectivity index (χ3n) is 4.86. The minimum Gasteiger partial charge on any atom is -0.381 e. The van der Waals surface area contributed by atoms with E-state index in [0.29, 0.717) is 10.9 Å². The van der Waals surface area contributed by atoms with Crippen LogP contribution in [-0.4, -0.2) is 51.7 Å². The first-order valence-corrected chi connectivity index (χ1v) is 8.26. The molecule has 2 fully saturated rings. The van der Waals surface area contributed by atoms with Gasteiger partial charge in [-0.1, -0.05) is 16.8 Å². The van der Waals surface area contributed by atoms with E-state index in [1.807, 2.05) is 30.5 Å². The van der Waals surface area contributed by atoms with Crippen LogP contribution in [0.1, 0.15) is 12.1 Å². The molecule has 4 rings (SSSR count). The highest BCUT2D eigenvalue weighted by Gasteiger charge is 2.45. The Morgan fingerprint density at radius 1 is 1.35 bits per heavy atom. The zero-order valence-corrected chi connectivity index (χ0v) is 13.6. The van der Waals surface area contributed by atoms with E-state index in [9.17, 15) is 0 Å². The molecule has 7 heteroatoms. The van der Waals surface area contributed by atoms with Crippen molar-refractivity contribution in [1.82, 2.24) is 19.9 Å². The Bertz CT molecular complexity index is 688. The van der Waals surface area contributed by atoms with E-state index in [1.54, 1.807) is 4.68 Å². The molecule has 0 amide bonds. The number of ether oxygens (including phenoxy) is 1. The van der Waals surface area contributed by atoms with Crippen LogP contribution in [-0.2, 0) is 11.3 Å². The van der Waals surface area contributed by atoms with Crippen molar-refractivity contribution >= 4 is 11.6 Å². The Kier molecular flexibility index (Phi) is 3.85. The lowest BCUT2D eigenvalue weighted by Crippen LogP contribution is -2.52. The van der Waals surface area contributed by atoms with E-state index in [2.05, 4.69) is 15.2 Å². The number of fused-ring (bicyclic) bond motifs is 1. The van der Waals surface area contributed by atoms with Gasteiger partial charge >= 0.3 is 0 Å². The predicted molar refractivity (Wildman–Crippen MR) is 87.5 cm³/mol. The second kappa shape index (κ2) is 5.87. The molecule has 2 aromatic rings.